The van der Waals surface area contributed by atoms with Crippen LogP contribution in [-0.4, -0.2) is 33.3 Å². The molecular weight excluding hydrogens is 237 g/mol. The van der Waals surface area contributed by atoms with E-state index in [1.807, 2.05) is 0 Å². The highest BCUT2D eigenvalue weighted by molar-refractivity contribution is 5.82. The molecule has 5 heteroatoms. The minimum absolute atomic E-state index is 0.345. The van der Waals surface area contributed by atoms with Crippen molar-refractivity contribution in [2.75, 3.05) is 27.4 Å². The van der Waals surface area contributed by atoms with Gasteiger partial charge in [0.1, 0.15) is 11.4 Å². The zero-order valence-electron chi connectivity index (χ0n) is 10.8. The Morgan fingerprint density at radius 2 is 1.94 bits per heavy atom. The third-order valence-corrected chi connectivity index (χ3v) is 2.80. The molecule has 0 amide bonds. The summed E-state index contributed by atoms with van der Waals surface area (Å²) in [5.74, 6) is -0.770. The molecule has 0 aromatic heterocycles. The third kappa shape index (κ3) is 3.27. The average molecular weight is 255 g/mol. The van der Waals surface area contributed by atoms with Crippen LogP contribution >= 0.6 is 0 Å². The summed E-state index contributed by atoms with van der Waals surface area (Å²) in [5, 5.41) is 3.06. The van der Waals surface area contributed by atoms with Gasteiger partial charge in [-0.15, -0.1) is 0 Å². The predicted octanol–water partition coefficient (Wildman–Crippen LogP) is 1.45. The van der Waals surface area contributed by atoms with E-state index in [1.165, 1.54) is 19.2 Å². The van der Waals surface area contributed by atoms with Gasteiger partial charge in [0, 0.05) is 13.7 Å². The summed E-state index contributed by atoms with van der Waals surface area (Å²) in [6.07, 6.45) is 0. The molecule has 0 aliphatic carbocycles. The predicted molar refractivity (Wildman–Crippen MR) is 65.6 cm³/mol. The Morgan fingerprint density at radius 3 is 2.44 bits per heavy atom. The van der Waals surface area contributed by atoms with Crippen LogP contribution in [0.15, 0.2) is 24.3 Å². The molecule has 1 atom stereocenters. The molecule has 0 saturated heterocycles. The Bertz CT molecular complexity index is 394. The SMILES string of the molecule is COCCNC(C)(C(=O)OC)c1ccc(F)cc1. The lowest BCUT2D eigenvalue weighted by Gasteiger charge is -2.28. The number of hydrogen-bond donors (Lipinski definition) is 1. The van der Waals surface area contributed by atoms with Crippen LogP contribution in [0.25, 0.3) is 0 Å². The van der Waals surface area contributed by atoms with E-state index in [-0.39, 0.29) is 5.82 Å². The number of nitrogens with one attached hydrogen (secondary N) is 1. The van der Waals surface area contributed by atoms with Crippen molar-refractivity contribution in [3.8, 4) is 0 Å². The lowest BCUT2D eigenvalue weighted by molar-refractivity contribution is -0.148. The van der Waals surface area contributed by atoms with Crippen LogP contribution in [0.3, 0.4) is 0 Å². The van der Waals surface area contributed by atoms with Crippen molar-refractivity contribution >= 4 is 5.97 Å². The lowest BCUT2D eigenvalue weighted by Crippen LogP contribution is -2.48. The third-order valence-electron chi connectivity index (χ3n) is 2.80. The number of carbonyl (C=O) groups excluding carboxylic acids is 1. The van der Waals surface area contributed by atoms with E-state index < -0.39 is 11.5 Å². The van der Waals surface area contributed by atoms with E-state index >= 15 is 0 Å². The molecule has 1 aromatic carbocycles. The van der Waals surface area contributed by atoms with Gasteiger partial charge >= 0.3 is 5.97 Å². The van der Waals surface area contributed by atoms with Crippen molar-refractivity contribution < 1.29 is 18.7 Å². The molecular formula is C13H18FNO3. The van der Waals surface area contributed by atoms with Crippen molar-refractivity contribution in [3.05, 3.63) is 35.6 Å². The number of hydrogen-bond acceptors (Lipinski definition) is 4. The maximum atomic E-state index is 12.9. The topological polar surface area (TPSA) is 47.6 Å². The van der Waals surface area contributed by atoms with Crippen LogP contribution in [0.5, 0.6) is 0 Å². The second-order valence-corrected chi connectivity index (χ2v) is 4.04. The van der Waals surface area contributed by atoms with E-state index in [0.29, 0.717) is 18.7 Å². The van der Waals surface area contributed by atoms with Crippen molar-refractivity contribution in [2.24, 2.45) is 0 Å². The molecule has 4 nitrogen and oxygen atoms in total. The Balaban J connectivity index is 2.96. The second kappa shape index (κ2) is 6.47. The number of benzene rings is 1. The van der Waals surface area contributed by atoms with E-state index in [0.717, 1.165) is 0 Å². The smallest absolute Gasteiger partial charge is 0.330 e. The van der Waals surface area contributed by atoms with Crippen molar-refractivity contribution in [1.29, 1.82) is 0 Å². The first-order valence-corrected chi connectivity index (χ1v) is 5.63. The van der Waals surface area contributed by atoms with Gasteiger partial charge in [0.2, 0.25) is 0 Å². The fraction of sp³-hybridized carbons (Fsp3) is 0.462. The minimum Gasteiger partial charge on any atom is -0.467 e. The zero-order chi connectivity index (χ0) is 13.6. The molecule has 0 fully saturated rings. The standard InChI is InChI=1S/C13H18FNO3/c1-13(12(16)18-3,15-8-9-17-2)10-4-6-11(14)7-5-10/h4-7,15H,8-9H2,1-3H3. The molecule has 1 unspecified atom stereocenters. The zero-order valence-corrected chi connectivity index (χ0v) is 10.8. The van der Waals surface area contributed by atoms with Crippen molar-refractivity contribution in [2.45, 2.75) is 12.5 Å². The maximum absolute atomic E-state index is 12.9. The van der Waals surface area contributed by atoms with Gasteiger partial charge in [-0.3, -0.25) is 5.32 Å². The first kappa shape index (κ1) is 14.6. The van der Waals surface area contributed by atoms with E-state index in [2.05, 4.69) is 5.32 Å². The molecule has 1 aromatic rings. The largest absolute Gasteiger partial charge is 0.467 e. The van der Waals surface area contributed by atoms with Gasteiger partial charge in [-0.25, -0.2) is 9.18 Å². The quantitative estimate of drug-likeness (QED) is 0.617. The average Bonchev–Trinajstić information content (AvgIpc) is 2.38. The number of esters is 1. The van der Waals surface area contributed by atoms with Crippen LogP contribution < -0.4 is 5.32 Å². The molecule has 0 heterocycles. The van der Waals surface area contributed by atoms with E-state index in [1.54, 1.807) is 26.2 Å². The molecule has 1 N–H and O–H groups in total. The highest BCUT2D eigenvalue weighted by atomic mass is 19.1. The van der Waals surface area contributed by atoms with Crippen LogP contribution in [0, 0.1) is 5.82 Å². The van der Waals surface area contributed by atoms with Crippen LogP contribution in [0.1, 0.15) is 12.5 Å². The number of halogens is 1. The Kier molecular flexibility index (Phi) is 5.25. The second-order valence-electron chi connectivity index (χ2n) is 4.04. The number of methoxy groups -OCH3 is 2. The van der Waals surface area contributed by atoms with Gasteiger partial charge in [-0.2, -0.15) is 0 Å². The molecule has 1 rings (SSSR count). The molecule has 18 heavy (non-hydrogen) atoms. The highest BCUT2D eigenvalue weighted by Gasteiger charge is 2.35. The van der Waals surface area contributed by atoms with Crippen LogP contribution in [0.2, 0.25) is 0 Å². The minimum atomic E-state index is -1.01. The molecule has 0 aliphatic rings. The normalized spacial score (nSPS) is 14.0. The van der Waals surface area contributed by atoms with Gasteiger partial charge < -0.3 is 9.47 Å². The Morgan fingerprint density at radius 1 is 1.33 bits per heavy atom. The number of ether oxygens (including phenoxy) is 2. The fourth-order valence-electron chi connectivity index (χ4n) is 1.68. The van der Waals surface area contributed by atoms with Gasteiger partial charge in [0.05, 0.1) is 13.7 Å². The Hall–Kier alpha value is -1.46. The summed E-state index contributed by atoms with van der Waals surface area (Å²) in [7, 11) is 2.90. The van der Waals surface area contributed by atoms with Crippen LogP contribution in [-0.2, 0) is 19.8 Å². The summed E-state index contributed by atoms with van der Waals surface area (Å²) in [6.45, 7) is 2.65. The summed E-state index contributed by atoms with van der Waals surface area (Å²) in [4.78, 5) is 11.9. The van der Waals surface area contributed by atoms with Crippen LogP contribution in [0.4, 0.5) is 4.39 Å². The van der Waals surface area contributed by atoms with Gasteiger partial charge in [0.25, 0.3) is 0 Å². The number of carbonyl (C=O) groups is 1. The van der Waals surface area contributed by atoms with Gasteiger partial charge in [-0.05, 0) is 24.6 Å². The molecule has 0 spiro atoms. The first-order valence-electron chi connectivity index (χ1n) is 5.63. The van der Waals surface area contributed by atoms with Gasteiger partial charge in [-0.1, -0.05) is 12.1 Å². The Labute approximate surface area is 106 Å². The first-order chi connectivity index (χ1) is 8.54. The van der Waals surface area contributed by atoms with Crippen molar-refractivity contribution in [3.63, 3.8) is 0 Å². The summed E-state index contributed by atoms with van der Waals surface area (Å²) >= 11 is 0. The van der Waals surface area contributed by atoms with E-state index in [9.17, 15) is 9.18 Å². The van der Waals surface area contributed by atoms with Gasteiger partial charge in [0.15, 0.2) is 0 Å². The monoisotopic (exact) mass is 255 g/mol. The molecule has 100 valence electrons. The van der Waals surface area contributed by atoms with E-state index in [4.69, 9.17) is 9.47 Å². The summed E-state index contributed by atoms with van der Waals surface area (Å²) in [6, 6.07) is 5.75. The lowest BCUT2D eigenvalue weighted by atomic mass is 9.92. The number of rotatable bonds is 6. The summed E-state index contributed by atoms with van der Waals surface area (Å²) in [5.41, 5.74) is -0.368. The summed E-state index contributed by atoms with van der Waals surface area (Å²) < 4.78 is 22.6. The molecule has 0 aliphatic heterocycles. The molecule has 0 bridgehead atoms. The van der Waals surface area contributed by atoms with Crippen molar-refractivity contribution in [1.82, 2.24) is 5.32 Å². The fourth-order valence-corrected chi connectivity index (χ4v) is 1.68. The maximum Gasteiger partial charge on any atom is 0.330 e. The molecule has 0 saturated carbocycles. The highest BCUT2D eigenvalue weighted by Crippen LogP contribution is 2.22. The molecule has 0 radical (unpaired) electrons.